The lowest BCUT2D eigenvalue weighted by Crippen LogP contribution is -2.29. The number of ether oxygens (including phenoxy) is 1. The van der Waals surface area contributed by atoms with E-state index in [0.717, 1.165) is 18.2 Å². The number of primary amides is 1. The standard InChI is InChI=1S/C17H20N2O5/c18-17(22)19-9-5-1-2-8-16(21)23-11-13(20)15-10-12-6-3-4-7-14(12)24-15/h3-4,6-7,10H,1-2,5,8-9,11H2,(H3,18,19,22). The molecule has 1 heterocycles. The minimum Gasteiger partial charge on any atom is -0.457 e. The number of unbranched alkanes of at least 4 members (excludes halogenated alkanes) is 2. The van der Waals surface area contributed by atoms with Crippen molar-refractivity contribution in [1.82, 2.24) is 5.32 Å². The van der Waals surface area contributed by atoms with Gasteiger partial charge >= 0.3 is 12.0 Å². The van der Waals surface area contributed by atoms with Gasteiger partial charge in [0.2, 0.25) is 5.78 Å². The predicted octanol–water partition coefficient (Wildman–Crippen LogP) is 2.39. The third-order valence-electron chi connectivity index (χ3n) is 3.42. The van der Waals surface area contributed by atoms with Crippen LogP contribution in [0.5, 0.6) is 0 Å². The van der Waals surface area contributed by atoms with Crippen LogP contribution in [-0.4, -0.2) is 30.9 Å². The normalized spacial score (nSPS) is 10.5. The molecule has 0 bridgehead atoms. The summed E-state index contributed by atoms with van der Waals surface area (Å²) in [5, 5.41) is 3.30. The summed E-state index contributed by atoms with van der Waals surface area (Å²) in [6.07, 6.45) is 2.34. The first-order valence-electron chi connectivity index (χ1n) is 7.77. The Morgan fingerprint density at radius 2 is 1.92 bits per heavy atom. The molecule has 0 unspecified atom stereocenters. The van der Waals surface area contributed by atoms with E-state index in [9.17, 15) is 14.4 Å². The van der Waals surface area contributed by atoms with Crippen LogP contribution in [0.1, 0.15) is 36.2 Å². The number of hydrogen-bond donors (Lipinski definition) is 2. The predicted molar refractivity (Wildman–Crippen MR) is 87.6 cm³/mol. The number of ketones is 1. The van der Waals surface area contributed by atoms with E-state index in [1.54, 1.807) is 12.1 Å². The number of rotatable bonds is 9. The van der Waals surface area contributed by atoms with Crippen LogP contribution in [0, 0.1) is 0 Å². The molecule has 1 aromatic carbocycles. The molecule has 0 aliphatic carbocycles. The molecular weight excluding hydrogens is 312 g/mol. The lowest BCUT2D eigenvalue weighted by molar-refractivity contribution is -0.142. The van der Waals surface area contributed by atoms with Crippen molar-refractivity contribution in [3.8, 4) is 0 Å². The minimum atomic E-state index is -0.557. The summed E-state index contributed by atoms with van der Waals surface area (Å²) in [5.41, 5.74) is 5.55. The Labute approximate surface area is 139 Å². The zero-order valence-electron chi connectivity index (χ0n) is 13.2. The molecule has 0 saturated heterocycles. The van der Waals surface area contributed by atoms with Crippen molar-refractivity contribution in [2.75, 3.05) is 13.2 Å². The van der Waals surface area contributed by atoms with Gasteiger partial charge in [-0.05, 0) is 25.0 Å². The summed E-state index contributed by atoms with van der Waals surface area (Å²) >= 11 is 0. The number of Topliss-reactive ketones (excluding diaryl/α,β-unsaturated/α-hetero) is 1. The first-order valence-corrected chi connectivity index (χ1v) is 7.77. The molecule has 0 aliphatic heterocycles. The van der Waals surface area contributed by atoms with E-state index in [4.69, 9.17) is 14.9 Å². The Kier molecular flexibility index (Phi) is 6.36. The third kappa shape index (κ3) is 5.42. The number of fused-ring (bicyclic) bond motifs is 1. The van der Waals surface area contributed by atoms with Crippen LogP contribution in [0.15, 0.2) is 34.7 Å². The van der Waals surface area contributed by atoms with E-state index in [1.165, 1.54) is 0 Å². The van der Waals surface area contributed by atoms with E-state index in [-0.39, 0.29) is 24.6 Å². The van der Waals surface area contributed by atoms with Crippen LogP contribution in [0.25, 0.3) is 11.0 Å². The van der Waals surface area contributed by atoms with Crippen molar-refractivity contribution in [1.29, 1.82) is 0 Å². The maximum Gasteiger partial charge on any atom is 0.312 e. The zero-order chi connectivity index (χ0) is 17.4. The van der Waals surface area contributed by atoms with Crippen LogP contribution in [-0.2, 0) is 9.53 Å². The fraction of sp³-hybridized carbons (Fsp3) is 0.353. The van der Waals surface area contributed by atoms with E-state index in [0.29, 0.717) is 18.5 Å². The highest BCUT2D eigenvalue weighted by Gasteiger charge is 2.14. The Balaban J connectivity index is 1.66. The zero-order valence-corrected chi connectivity index (χ0v) is 13.2. The van der Waals surface area contributed by atoms with Gasteiger partial charge in [0, 0.05) is 18.4 Å². The summed E-state index contributed by atoms with van der Waals surface area (Å²) in [4.78, 5) is 34.0. The smallest absolute Gasteiger partial charge is 0.312 e. The van der Waals surface area contributed by atoms with Crippen molar-refractivity contribution >= 4 is 28.8 Å². The molecule has 0 aliphatic rings. The van der Waals surface area contributed by atoms with E-state index >= 15 is 0 Å². The van der Waals surface area contributed by atoms with Crippen LogP contribution in [0.2, 0.25) is 0 Å². The number of furan rings is 1. The highest BCUT2D eigenvalue weighted by atomic mass is 16.5. The maximum atomic E-state index is 12.0. The fourth-order valence-electron chi connectivity index (χ4n) is 2.19. The molecule has 0 saturated carbocycles. The van der Waals surface area contributed by atoms with Gasteiger partial charge in [-0.1, -0.05) is 24.6 Å². The van der Waals surface area contributed by atoms with E-state index in [2.05, 4.69) is 5.32 Å². The summed E-state index contributed by atoms with van der Waals surface area (Å²) in [7, 11) is 0. The van der Waals surface area contributed by atoms with Crippen molar-refractivity contribution in [2.24, 2.45) is 5.73 Å². The van der Waals surface area contributed by atoms with Gasteiger partial charge in [0.25, 0.3) is 0 Å². The van der Waals surface area contributed by atoms with Gasteiger partial charge in [-0.3, -0.25) is 9.59 Å². The Morgan fingerprint density at radius 1 is 1.12 bits per heavy atom. The quantitative estimate of drug-likeness (QED) is 0.416. The van der Waals surface area contributed by atoms with Gasteiger partial charge in [-0.25, -0.2) is 4.79 Å². The van der Waals surface area contributed by atoms with Crippen LogP contribution < -0.4 is 11.1 Å². The maximum absolute atomic E-state index is 12.0. The summed E-state index contributed by atoms with van der Waals surface area (Å²) in [6.45, 7) is 0.150. The molecule has 3 N–H and O–H groups in total. The average Bonchev–Trinajstić information content (AvgIpc) is 2.99. The lowest BCUT2D eigenvalue weighted by Gasteiger charge is -2.04. The van der Waals surface area contributed by atoms with Crippen molar-refractivity contribution in [3.63, 3.8) is 0 Å². The number of nitrogens with two attached hydrogens (primary N) is 1. The average molecular weight is 332 g/mol. The molecule has 128 valence electrons. The molecule has 0 radical (unpaired) electrons. The largest absolute Gasteiger partial charge is 0.457 e. The highest BCUT2D eigenvalue weighted by Crippen LogP contribution is 2.19. The topological polar surface area (TPSA) is 112 Å². The number of hydrogen-bond acceptors (Lipinski definition) is 5. The second-order valence-corrected chi connectivity index (χ2v) is 5.33. The number of carbonyl (C=O) groups is 3. The molecule has 0 spiro atoms. The third-order valence-corrected chi connectivity index (χ3v) is 3.42. The molecule has 1 aromatic heterocycles. The number of amides is 2. The van der Waals surface area contributed by atoms with Gasteiger partial charge in [0.05, 0.1) is 0 Å². The van der Waals surface area contributed by atoms with Crippen molar-refractivity contribution < 1.29 is 23.5 Å². The van der Waals surface area contributed by atoms with Crippen LogP contribution in [0.4, 0.5) is 4.79 Å². The van der Waals surface area contributed by atoms with Gasteiger partial charge in [0.1, 0.15) is 5.58 Å². The molecular formula is C17H20N2O5. The van der Waals surface area contributed by atoms with E-state index in [1.807, 2.05) is 18.2 Å². The molecule has 2 amide bonds. The lowest BCUT2D eigenvalue weighted by atomic mass is 10.2. The molecule has 0 fully saturated rings. The molecule has 0 atom stereocenters. The Bertz CT molecular complexity index is 690. The van der Waals surface area contributed by atoms with E-state index < -0.39 is 12.0 Å². The number of nitrogens with one attached hydrogen (secondary N) is 1. The molecule has 24 heavy (non-hydrogen) atoms. The van der Waals surface area contributed by atoms with Crippen molar-refractivity contribution in [3.05, 3.63) is 36.1 Å². The number of esters is 1. The number of urea groups is 1. The number of benzene rings is 1. The first-order chi connectivity index (χ1) is 11.6. The summed E-state index contributed by atoms with van der Waals surface area (Å²) < 4.78 is 10.4. The highest BCUT2D eigenvalue weighted by molar-refractivity contribution is 5.99. The number of para-hydroxylation sites is 1. The minimum absolute atomic E-state index is 0.182. The SMILES string of the molecule is NC(=O)NCCCCCC(=O)OCC(=O)c1cc2ccccc2o1. The van der Waals surface area contributed by atoms with Crippen LogP contribution in [0.3, 0.4) is 0 Å². The Hall–Kier alpha value is -2.83. The van der Waals surface area contributed by atoms with Crippen molar-refractivity contribution in [2.45, 2.75) is 25.7 Å². The first kappa shape index (κ1) is 17.5. The summed E-state index contributed by atoms with van der Waals surface area (Å²) in [5.74, 6) is -0.617. The fourth-order valence-corrected chi connectivity index (χ4v) is 2.19. The van der Waals surface area contributed by atoms with Crippen LogP contribution >= 0.6 is 0 Å². The van der Waals surface area contributed by atoms with Gasteiger partial charge < -0.3 is 20.2 Å². The molecule has 7 nitrogen and oxygen atoms in total. The molecule has 2 aromatic rings. The van der Waals surface area contributed by atoms with Gasteiger partial charge in [0.15, 0.2) is 12.4 Å². The van der Waals surface area contributed by atoms with Gasteiger partial charge in [-0.2, -0.15) is 0 Å². The molecule has 7 heteroatoms. The number of carbonyl (C=O) groups excluding carboxylic acids is 3. The second kappa shape index (κ2) is 8.71. The molecule has 2 rings (SSSR count). The monoisotopic (exact) mass is 332 g/mol. The Morgan fingerprint density at radius 3 is 2.67 bits per heavy atom. The second-order valence-electron chi connectivity index (χ2n) is 5.33. The van der Waals surface area contributed by atoms with Gasteiger partial charge in [-0.15, -0.1) is 0 Å². The summed E-state index contributed by atoms with van der Waals surface area (Å²) in [6, 6.07) is 8.36.